The molecule has 4 nitrogen and oxygen atoms in total. The molecule has 22 heavy (non-hydrogen) atoms. The summed E-state index contributed by atoms with van der Waals surface area (Å²) in [6.45, 7) is 7.75. The van der Waals surface area contributed by atoms with Gasteiger partial charge in [-0.15, -0.1) is 0 Å². The summed E-state index contributed by atoms with van der Waals surface area (Å²) in [5.74, 6) is 1.27. The van der Waals surface area contributed by atoms with E-state index in [9.17, 15) is 0 Å². The van der Waals surface area contributed by atoms with E-state index in [0.717, 1.165) is 21.4 Å². The van der Waals surface area contributed by atoms with Crippen molar-refractivity contribution in [3.63, 3.8) is 0 Å². The van der Waals surface area contributed by atoms with E-state index in [4.69, 9.17) is 21.1 Å². The first-order chi connectivity index (χ1) is 10.3. The molecule has 120 valence electrons. The van der Waals surface area contributed by atoms with Crippen LogP contribution in [0.3, 0.4) is 0 Å². The minimum Gasteiger partial charge on any atom is -0.481 e. The van der Waals surface area contributed by atoms with Gasteiger partial charge in [0.1, 0.15) is 0 Å². The lowest BCUT2D eigenvalue weighted by Gasteiger charge is -2.08. The van der Waals surface area contributed by atoms with Crippen molar-refractivity contribution in [1.82, 2.24) is 9.97 Å². The number of halogens is 2. The predicted octanol–water partition coefficient (Wildman–Crippen LogP) is 4.83. The second-order valence-corrected chi connectivity index (χ2v) is 5.96. The van der Waals surface area contributed by atoms with Crippen LogP contribution in [-0.4, -0.2) is 24.2 Å². The van der Waals surface area contributed by atoms with Crippen LogP contribution < -0.4 is 9.47 Å². The van der Waals surface area contributed by atoms with Crippen LogP contribution in [0.25, 0.3) is 0 Å². The van der Waals surface area contributed by atoms with E-state index in [1.54, 1.807) is 14.2 Å². The highest BCUT2D eigenvalue weighted by atomic mass is 79.9. The number of pyridine rings is 2. The van der Waals surface area contributed by atoms with Gasteiger partial charge < -0.3 is 9.47 Å². The molecule has 0 radical (unpaired) electrons. The van der Waals surface area contributed by atoms with Crippen LogP contribution in [0.1, 0.15) is 22.5 Å². The highest BCUT2D eigenvalue weighted by Crippen LogP contribution is 2.32. The van der Waals surface area contributed by atoms with Crippen molar-refractivity contribution in [2.75, 3.05) is 14.2 Å². The quantitative estimate of drug-likeness (QED) is 0.740. The molecule has 2 aromatic rings. The number of nitrogens with zero attached hydrogens (tertiary/aromatic N) is 2. The van der Waals surface area contributed by atoms with E-state index >= 15 is 0 Å². The van der Waals surface area contributed by atoms with Gasteiger partial charge >= 0.3 is 0 Å². The van der Waals surface area contributed by atoms with Crippen LogP contribution in [0, 0.1) is 27.7 Å². The molecule has 0 aromatic carbocycles. The van der Waals surface area contributed by atoms with Crippen molar-refractivity contribution in [1.29, 1.82) is 0 Å². The van der Waals surface area contributed by atoms with E-state index in [-0.39, 0.29) is 0 Å². The van der Waals surface area contributed by atoms with Gasteiger partial charge in [-0.3, -0.25) is 0 Å². The first-order valence-electron chi connectivity index (χ1n) is 6.65. The number of aromatic nitrogens is 2. The van der Waals surface area contributed by atoms with Crippen LogP contribution in [0.15, 0.2) is 16.6 Å². The smallest absolute Gasteiger partial charge is 0.228 e. The Morgan fingerprint density at radius 1 is 1.00 bits per heavy atom. The van der Waals surface area contributed by atoms with Crippen LogP contribution in [0.5, 0.6) is 11.8 Å². The Morgan fingerprint density at radius 3 is 2.14 bits per heavy atom. The molecule has 0 N–H and O–H groups in total. The van der Waals surface area contributed by atoms with Gasteiger partial charge in [-0.1, -0.05) is 11.6 Å². The molecule has 0 atom stereocenters. The first kappa shape index (κ1) is 18.7. The summed E-state index contributed by atoms with van der Waals surface area (Å²) >= 11 is 9.32. The summed E-state index contributed by atoms with van der Waals surface area (Å²) in [6, 6.07) is 3.93. The number of methoxy groups -OCH3 is 2. The van der Waals surface area contributed by atoms with Crippen LogP contribution in [0.2, 0.25) is 5.02 Å². The predicted molar refractivity (Wildman–Crippen MR) is 93.2 cm³/mol. The first-order valence-corrected chi connectivity index (χ1v) is 7.82. The highest BCUT2D eigenvalue weighted by molar-refractivity contribution is 9.10. The van der Waals surface area contributed by atoms with E-state index in [2.05, 4.69) is 25.9 Å². The van der Waals surface area contributed by atoms with E-state index in [1.165, 1.54) is 5.56 Å². The Labute approximate surface area is 145 Å². The molecule has 0 aliphatic carbocycles. The Morgan fingerprint density at radius 2 is 1.64 bits per heavy atom. The molecule has 0 saturated heterocycles. The molecule has 6 heteroatoms. The van der Waals surface area contributed by atoms with Crippen LogP contribution >= 0.6 is 27.5 Å². The molecule has 2 heterocycles. The summed E-state index contributed by atoms with van der Waals surface area (Å²) in [4.78, 5) is 8.28. The van der Waals surface area contributed by atoms with Crippen molar-refractivity contribution in [3.8, 4) is 11.8 Å². The van der Waals surface area contributed by atoms with Crippen molar-refractivity contribution in [3.05, 3.63) is 44.1 Å². The number of hydrogen-bond donors (Lipinski definition) is 0. The molecular formula is C16H20BrClN2O2. The minimum atomic E-state index is 0.578. The average molecular weight is 388 g/mol. The highest BCUT2D eigenvalue weighted by Gasteiger charge is 2.11. The fraction of sp³-hybridized carbons (Fsp3) is 0.375. The molecule has 2 aromatic heterocycles. The third-order valence-corrected chi connectivity index (χ3v) is 4.40. The Balaban J connectivity index is 0.000000224. The van der Waals surface area contributed by atoms with Gasteiger partial charge in [-0.05, 0) is 60.8 Å². The third-order valence-electron chi connectivity index (χ3n) is 2.91. The van der Waals surface area contributed by atoms with Crippen molar-refractivity contribution >= 4 is 27.5 Å². The standard InChI is InChI=1S/C8H9BrClNO.C8H11NO/c1-4-6(9)8(12-3)11-5(2)7(4)10;1-6-4-7(2)9-8(5-6)10-3/h1-3H3;4-5H,1-3H3. The van der Waals surface area contributed by atoms with Crippen LogP contribution in [0.4, 0.5) is 0 Å². The van der Waals surface area contributed by atoms with Crippen molar-refractivity contribution in [2.24, 2.45) is 0 Å². The summed E-state index contributed by atoms with van der Waals surface area (Å²) in [5, 5.41) is 0.683. The second kappa shape index (κ2) is 8.34. The monoisotopic (exact) mass is 386 g/mol. The van der Waals surface area contributed by atoms with Gasteiger partial charge in [0, 0.05) is 11.8 Å². The van der Waals surface area contributed by atoms with Gasteiger partial charge in [0.05, 0.1) is 29.4 Å². The SMILES string of the molecule is COc1cc(C)cc(C)n1.COc1nc(C)c(Cl)c(C)c1Br. The van der Waals surface area contributed by atoms with Crippen molar-refractivity contribution < 1.29 is 9.47 Å². The maximum absolute atomic E-state index is 5.96. The van der Waals surface area contributed by atoms with Crippen LogP contribution in [-0.2, 0) is 0 Å². The zero-order valence-corrected chi connectivity index (χ0v) is 16.0. The van der Waals surface area contributed by atoms with Gasteiger partial charge in [-0.2, -0.15) is 0 Å². The fourth-order valence-electron chi connectivity index (χ4n) is 1.82. The Kier molecular flexibility index (Phi) is 7.10. The Hall–Kier alpha value is -1.33. The summed E-state index contributed by atoms with van der Waals surface area (Å²) < 4.78 is 10.8. The zero-order chi connectivity index (χ0) is 16.9. The second-order valence-electron chi connectivity index (χ2n) is 4.79. The normalized spacial score (nSPS) is 9.82. The lowest BCUT2D eigenvalue weighted by molar-refractivity contribution is 0.393. The number of hydrogen-bond acceptors (Lipinski definition) is 4. The van der Waals surface area contributed by atoms with Gasteiger partial charge in [0.15, 0.2) is 0 Å². The topological polar surface area (TPSA) is 44.2 Å². The summed E-state index contributed by atoms with van der Waals surface area (Å²) in [7, 11) is 3.21. The molecule has 0 aliphatic rings. The molecule has 0 saturated carbocycles. The zero-order valence-electron chi connectivity index (χ0n) is 13.6. The van der Waals surface area contributed by atoms with Crippen molar-refractivity contribution in [2.45, 2.75) is 27.7 Å². The lowest BCUT2D eigenvalue weighted by atomic mass is 10.2. The summed E-state index contributed by atoms with van der Waals surface area (Å²) in [6.07, 6.45) is 0. The molecule has 0 aliphatic heterocycles. The molecular weight excluding hydrogens is 368 g/mol. The number of ether oxygens (including phenoxy) is 2. The fourth-order valence-corrected chi connectivity index (χ4v) is 2.52. The molecule has 0 unspecified atom stereocenters. The molecule has 0 amide bonds. The molecule has 0 spiro atoms. The summed E-state index contributed by atoms with van der Waals surface area (Å²) in [5.41, 5.74) is 3.93. The number of aryl methyl sites for hydroxylation is 3. The Bertz CT molecular complexity index is 643. The molecule has 0 fully saturated rings. The largest absolute Gasteiger partial charge is 0.481 e. The van der Waals surface area contributed by atoms with Gasteiger partial charge in [-0.25, -0.2) is 9.97 Å². The maximum atomic E-state index is 5.96. The van der Waals surface area contributed by atoms with E-state index < -0.39 is 0 Å². The van der Waals surface area contributed by atoms with Gasteiger partial charge in [0.2, 0.25) is 11.8 Å². The molecule has 2 rings (SSSR count). The number of rotatable bonds is 2. The lowest BCUT2D eigenvalue weighted by Crippen LogP contribution is -1.95. The van der Waals surface area contributed by atoms with E-state index in [1.807, 2.05) is 39.8 Å². The van der Waals surface area contributed by atoms with E-state index in [0.29, 0.717) is 16.8 Å². The molecule has 0 bridgehead atoms. The average Bonchev–Trinajstić information content (AvgIpc) is 2.48. The van der Waals surface area contributed by atoms with Gasteiger partial charge in [0.25, 0.3) is 0 Å². The third kappa shape index (κ3) is 4.85. The maximum Gasteiger partial charge on any atom is 0.228 e. The minimum absolute atomic E-state index is 0.578.